The maximum Gasteiger partial charge on any atom is 0.0964 e. The molecule has 132 valence electrons. The van der Waals surface area contributed by atoms with Crippen molar-refractivity contribution in [3.05, 3.63) is 62.5 Å². The molecule has 0 aromatic heterocycles. The molecule has 1 atom stereocenters. The first-order valence-corrected chi connectivity index (χ1v) is 9.93. The lowest BCUT2D eigenvalue weighted by molar-refractivity contribution is 0.576. The molecule has 0 amide bonds. The van der Waals surface area contributed by atoms with E-state index in [1.165, 1.54) is 11.3 Å². The molecule has 5 N–H and O–H groups in total. The van der Waals surface area contributed by atoms with Gasteiger partial charge in [0, 0.05) is 21.2 Å². The smallest absolute Gasteiger partial charge is 0.0964 e. The van der Waals surface area contributed by atoms with Crippen molar-refractivity contribution in [1.82, 2.24) is 10.6 Å². The second-order valence-electron chi connectivity index (χ2n) is 6.01. The van der Waals surface area contributed by atoms with E-state index in [-0.39, 0.29) is 6.17 Å². The van der Waals surface area contributed by atoms with Crippen LogP contribution in [0.15, 0.2) is 51.4 Å². The Morgan fingerprint density at radius 3 is 2.84 bits per heavy atom. The van der Waals surface area contributed by atoms with E-state index in [0.29, 0.717) is 0 Å². The molecule has 0 fully saturated rings. The summed E-state index contributed by atoms with van der Waals surface area (Å²) in [5.74, 6) is 0. The van der Waals surface area contributed by atoms with E-state index >= 15 is 0 Å². The number of para-hydroxylation sites is 1. The molecule has 1 heterocycles. The summed E-state index contributed by atoms with van der Waals surface area (Å²) in [7, 11) is 0. The molecular formula is C19H22Br2N4. The third-order valence-electron chi connectivity index (χ3n) is 4.13. The lowest BCUT2D eigenvalue weighted by Gasteiger charge is -2.23. The van der Waals surface area contributed by atoms with Crippen molar-refractivity contribution in [3.63, 3.8) is 0 Å². The molecule has 2 aromatic rings. The van der Waals surface area contributed by atoms with Gasteiger partial charge >= 0.3 is 0 Å². The summed E-state index contributed by atoms with van der Waals surface area (Å²) in [6, 6.07) is 12.4. The molecule has 1 aliphatic rings. The summed E-state index contributed by atoms with van der Waals surface area (Å²) in [6.45, 7) is 2.64. The second kappa shape index (κ2) is 8.85. The second-order valence-corrected chi connectivity index (χ2v) is 7.78. The Balaban J connectivity index is 1.36. The van der Waals surface area contributed by atoms with Gasteiger partial charge in [-0.1, -0.05) is 40.2 Å². The van der Waals surface area contributed by atoms with Crippen molar-refractivity contribution in [2.45, 2.75) is 19.1 Å². The number of hydrogen-bond acceptors (Lipinski definition) is 4. The van der Waals surface area contributed by atoms with Gasteiger partial charge in [-0.15, -0.1) is 0 Å². The Labute approximate surface area is 165 Å². The molecule has 4 nitrogen and oxygen atoms in total. The van der Waals surface area contributed by atoms with Crippen LogP contribution >= 0.6 is 31.9 Å². The molecule has 0 radical (unpaired) electrons. The number of anilines is 2. The van der Waals surface area contributed by atoms with Crippen LogP contribution in [0.4, 0.5) is 11.4 Å². The van der Waals surface area contributed by atoms with Crippen molar-refractivity contribution < 1.29 is 0 Å². The number of nitrogens with two attached hydrogens (primary N) is 1. The Morgan fingerprint density at radius 2 is 1.96 bits per heavy atom. The first-order chi connectivity index (χ1) is 12.1. The topological polar surface area (TPSA) is 62.1 Å². The normalized spacial score (nSPS) is 15.7. The highest BCUT2D eigenvalue weighted by Crippen LogP contribution is 2.28. The van der Waals surface area contributed by atoms with Crippen molar-refractivity contribution in [2.75, 3.05) is 24.1 Å². The highest BCUT2D eigenvalue weighted by Gasteiger charge is 2.10. The van der Waals surface area contributed by atoms with Crippen molar-refractivity contribution >= 4 is 49.3 Å². The summed E-state index contributed by atoms with van der Waals surface area (Å²) < 4.78 is 1.96. The zero-order valence-corrected chi connectivity index (χ0v) is 17.0. The van der Waals surface area contributed by atoms with Gasteiger partial charge in [-0.05, 0) is 70.8 Å². The van der Waals surface area contributed by atoms with Gasteiger partial charge in [0.2, 0.25) is 0 Å². The summed E-state index contributed by atoms with van der Waals surface area (Å²) in [5.41, 5.74) is 10.4. The van der Waals surface area contributed by atoms with Gasteiger partial charge < -0.3 is 16.4 Å². The summed E-state index contributed by atoms with van der Waals surface area (Å²) >= 11 is 6.98. The molecule has 3 rings (SSSR count). The van der Waals surface area contributed by atoms with Crippen LogP contribution in [0.25, 0.3) is 6.08 Å². The molecule has 0 saturated carbocycles. The number of nitrogen functional groups attached to an aromatic ring is 1. The largest absolute Gasteiger partial charge is 0.398 e. The van der Waals surface area contributed by atoms with Crippen molar-refractivity contribution in [3.8, 4) is 0 Å². The minimum Gasteiger partial charge on any atom is -0.398 e. The van der Waals surface area contributed by atoms with E-state index in [0.717, 1.165) is 46.3 Å². The lowest BCUT2D eigenvalue weighted by atomic mass is 10.1. The summed E-state index contributed by atoms with van der Waals surface area (Å²) in [5, 5.41) is 10.5. The van der Waals surface area contributed by atoms with Crippen LogP contribution in [0.3, 0.4) is 0 Å². The van der Waals surface area contributed by atoms with Gasteiger partial charge in [0.25, 0.3) is 0 Å². The fraction of sp³-hybridized carbons (Fsp3) is 0.263. The van der Waals surface area contributed by atoms with Gasteiger partial charge in [0.1, 0.15) is 0 Å². The van der Waals surface area contributed by atoms with Crippen LogP contribution in [0.2, 0.25) is 0 Å². The van der Waals surface area contributed by atoms with Crippen molar-refractivity contribution in [2.24, 2.45) is 0 Å². The van der Waals surface area contributed by atoms with E-state index in [9.17, 15) is 0 Å². The zero-order chi connectivity index (χ0) is 17.6. The molecule has 2 aromatic carbocycles. The highest BCUT2D eigenvalue weighted by atomic mass is 79.9. The van der Waals surface area contributed by atoms with Crippen molar-refractivity contribution in [1.29, 1.82) is 0 Å². The molecule has 0 saturated heterocycles. The highest BCUT2D eigenvalue weighted by molar-refractivity contribution is 9.11. The van der Waals surface area contributed by atoms with Gasteiger partial charge in [-0.3, -0.25) is 5.32 Å². The average molecular weight is 466 g/mol. The van der Waals surface area contributed by atoms with Gasteiger partial charge in [0.05, 0.1) is 11.9 Å². The van der Waals surface area contributed by atoms with Gasteiger partial charge in [0.15, 0.2) is 0 Å². The third-order valence-corrected chi connectivity index (χ3v) is 5.24. The molecule has 1 unspecified atom stereocenters. The minimum absolute atomic E-state index is 0.187. The number of fused-ring (bicyclic) bond motifs is 1. The van der Waals surface area contributed by atoms with E-state index in [2.05, 4.69) is 90.3 Å². The maximum atomic E-state index is 6.09. The number of halogens is 2. The van der Waals surface area contributed by atoms with E-state index in [1.807, 2.05) is 6.07 Å². The van der Waals surface area contributed by atoms with Crippen LogP contribution in [0.1, 0.15) is 17.5 Å². The number of rotatable bonds is 7. The van der Waals surface area contributed by atoms with E-state index in [1.54, 1.807) is 0 Å². The van der Waals surface area contributed by atoms with Crippen LogP contribution in [-0.4, -0.2) is 19.3 Å². The van der Waals surface area contributed by atoms with E-state index in [4.69, 9.17) is 5.73 Å². The minimum atomic E-state index is 0.187. The standard InChI is InChI=1S/C19H22Br2N4/c20-15-10-14(19(22)16(21)11-15)12-23-8-3-9-24-18-7-6-13-4-1-2-5-17(13)25-18/h1-2,4-7,10-11,18,23-25H,3,8-9,12,22H2. The average Bonchev–Trinajstić information content (AvgIpc) is 2.61. The van der Waals surface area contributed by atoms with Gasteiger partial charge in [-0.2, -0.15) is 0 Å². The molecule has 6 heteroatoms. The third kappa shape index (κ3) is 5.07. The first-order valence-electron chi connectivity index (χ1n) is 8.35. The Morgan fingerprint density at radius 1 is 1.12 bits per heavy atom. The Kier molecular flexibility index (Phi) is 6.53. The lowest BCUT2D eigenvalue weighted by Crippen LogP contribution is -2.37. The zero-order valence-electron chi connectivity index (χ0n) is 13.9. The molecule has 0 aliphatic carbocycles. The van der Waals surface area contributed by atoms with Crippen LogP contribution in [-0.2, 0) is 6.54 Å². The maximum absolute atomic E-state index is 6.09. The predicted molar refractivity (Wildman–Crippen MR) is 113 cm³/mol. The molecular weight excluding hydrogens is 444 g/mol. The quantitative estimate of drug-likeness (QED) is 0.363. The van der Waals surface area contributed by atoms with E-state index < -0.39 is 0 Å². The number of benzene rings is 2. The SMILES string of the molecule is Nc1c(Br)cc(Br)cc1CNCCCNC1C=Cc2ccccc2N1. The number of nitrogens with one attached hydrogen (secondary N) is 3. The molecule has 0 spiro atoms. The monoisotopic (exact) mass is 464 g/mol. The molecule has 25 heavy (non-hydrogen) atoms. The van der Waals surface area contributed by atoms with Crippen LogP contribution in [0, 0.1) is 0 Å². The fourth-order valence-corrected chi connectivity index (χ4v) is 4.10. The Bertz CT molecular complexity index is 761. The summed E-state index contributed by atoms with van der Waals surface area (Å²) in [4.78, 5) is 0. The Hall–Kier alpha value is -1.34. The van der Waals surface area contributed by atoms with Gasteiger partial charge in [-0.25, -0.2) is 0 Å². The molecule has 0 bridgehead atoms. The number of hydrogen-bond donors (Lipinski definition) is 4. The fourth-order valence-electron chi connectivity index (χ4n) is 2.79. The summed E-state index contributed by atoms with van der Waals surface area (Å²) in [6.07, 6.45) is 5.56. The predicted octanol–water partition coefficient (Wildman–Crippen LogP) is 4.33. The van der Waals surface area contributed by atoms with Crippen LogP contribution in [0.5, 0.6) is 0 Å². The first kappa shape index (κ1) is 18.5. The van der Waals surface area contributed by atoms with Crippen LogP contribution < -0.4 is 21.7 Å². The molecule has 1 aliphatic heterocycles.